The Morgan fingerprint density at radius 3 is 2.33 bits per heavy atom. The van der Waals surface area contributed by atoms with Crippen LogP contribution in [-0.2, 0) is 15.9 Å². The Balaban J connectivity index is 3.99. The van der Waals surface area contributed by atoms with E-state index in [1.54, 1.807) is 0 Å². The quantitative estimate of drug-likeness (QED) is 0.262. The second-order valence-corrected chi connectivity index (χ2v) is 2.46. The zero-order valence-corrected chi connectivity index (χ0v) is 5.64. The van der Waals surface area contributed by atoms with Crippen LogP contribution < -0.4 is 11.3 Å². The number of hydrogen-bond acceptors (Lipinski definition) is 4. The van der Waals surface area contributed by atoms with E-state index in [4.69, 9.17) is 10.4 Å². The molecule has 0 aliphatic carbocycles. The minimum absolute atomic E-state index is 0.460. The van der Waals surface area contributed by atoms with E-state index in [1.807, 2.05) is 5.43 Å². The Labute approximate surface area is 54.9 Å². The van der Waals surface area contributed by atoms with E-state index in [-0.39, 0.29) is 0 Å². The maximum absolute atomic E-state index is 10.3. The monoisotopic (exact) mass is 152 g/mol. The van der Waals surface area contributed by atoms with Gasteiger partial charge in [0.05, 0.1) is 0 Å². The normalized spacial score (nSPS) is 16.8. The van der Waals surface area contributed by atoms with Crippen molar-refractivity contribution in [1.82, 2.24) is 5.43 Å². The molecule has 0 amide bonds. The number of Topliss-reactive ketones (excluding diaryl/α,β-unsaturated/α-hetero) is 1. The summed E-state index contributed by atoms with van der Waals surface area (Å²) in [5.41, 5.74) is 1.90. The van der Waals surface area contributed by atoms with E-state index in [0.29, 0.717) is 0 Å². The Kier molecular flexibility index (Phi) is 3.55. The summed E-state index contributed by atoms with van der Waals surface area (Å²) in [5.74, 6) is 4.29. The van der Waals surface area contributed by atoms with E-state index in [1.165, 1.54) is 6.92 Å². The summed E-state index contributed by atoms with van der Waals surface area (Å²) in [5, 5.41) is -1.16. The molecule has 0 radical (unpaired) electrons. The molecule has 2 atom stereocenters. The Morgan fingerprint density at radius 2 is 2.33 bits per heavy atom. The number of ketones is 1. The lowest BCUT2D eigenvalue weighted by Crippen LogP contribution is -2.43. The number of nitrogens with two attached hydrogens (primary N) is 1. The lowest BCUT2D eigenvalue weighted by Gasteiger charge is -2.04. The van der Waals surface area contributed by atoms with Crippen molar-refractivity contribution in [3.63, 3.8) is 0 Å². The standard InChI is InChI=1S/C3H8N2O3S/c1-2(6)3(5-4)9(7)8/h3,5H,4H2,1H3,(H,7,8). The Hall–Kier alpha value is -0.300. The zero-order valence-electron chi connectivity index (χ0n) is 4.83. The van der Waals surface area contributed by atoms with Crippen molar-refractivity contribution in [2.45, 2.75) is 12.3 Å². The molecule has 0 spiro atoms. The second kappa shape index (κ2) is 3.67. The van der Waals surface area contributed by atoms with Gasteiger partial charge in [0.2, 0.25) is 0 Å². The molecule has 0 saturated heterocycles. The third-order valence-corrected chi connectivity index (χ3v) is 1.59. The summed E-state index contributed by atoms with van der Waals surface area (Å²) in [6.45, 7) is 1.18. The highest BCUT2D eigenvalue weighted by Gasteiger charge is 2.17. The van der Waals surface area contributed by atoms with Crippen LogP contribution in [0.1, 0.15) is 6.92 Å². The van der Waals surface area contributed by atoms with Gasteiger partial charge < -0.3 is 4.55 Å². The van der Waals surface area contributed by atoms with E-state index < -0.39 is 22.2 Å². The summed E-state index contributed by atoms with van der Waals surface area (Å²) in [4.78, 5) is 10.3. The van der Waals surface area contributed by atoms with Crippen LogP contribution in [0, 0.1) is 0 Å². The SMILES string of the molecule is CC(=O)C(NN)S(=O)O. The van der Waals surface area contributed by atoms with Crippen molar-refractivity contribution in [2.75, 3.05) is 0 Å². The van der Waals surface area contributed by atoms with E-state index >= 15 is 0 Å². The number of carbonyl (C=O) groups is 1. The number of hydrogen-bond donors (Lipinski definition) is 3. The Bertz CT molecular complexity index is 123. The molecule has 6 heteroatoms. The first kappa shape index (κ1) is 8.70. The van der Waals surface area contributed by atoms with Gasteiger partial charge in [0.15, 0.2) is 22.2 Å². The first-order valence-corrected chi connectivity index (χ1v) is 3.32. The molecule has 0 aromatic rings. The van der Waals surface area contributed by atoms with Crippen molar-refractivity contribution < 1.29 is 13.6 Å². The molecule has 0 aliphatic heterocycles. The number of nitrogens with one attached hydrogen (secondary N) is 1. The molecule has 0 rings (SSSR count). The molecule has 0 heterocycles. The number of rotatable bonds is 3. The fourth-order valence-electron chi connectivity index (χ4n) is 0.318. The highest BCUT2D eigenvalue weighted by atomic mass is 32.2. The molecular weight excluding hydrogens is 144 g/mol. The average molecular weight is 152 g/mol. The van der Waals surface area contributed by atoms with Crippen LogP contribution in [0.2, 0.25) is 0 Å². The first-order chi connectivity index (χ1) is 4.09. The molecule has 2 unspecified atom stereocenters. The first-order valence-electron chi connectivity index (χ1n) is 2.16. The third-order valence-electron chi connectivity index (χ3n) is 0.722. The molecule has 54 valence electrons. The zero-order chi connectivity index (χ0) is 7.44. The van der Waals surface area contributed by atoms with E-state index in [2.05, 4.69) is 0 Å². The smallest absolute Gasteiger partial charge is 0.180 e. The van der Waals surface area contributed by atoms with Crippen LogP contribution in [0.5, 0.6) is 0 Å². The van der Waals surface area contributed by atoms with Crippen LogP contribution in [0.4, 0.5) is 0 Å². The van der Waals surface area contributed by atoms with Gasteiger partial charge in [0, 0.05) is 0 Å². The molecule has 0 fully saturated rings. The number of hydrazine groups is 1. The summed E-state index contributed by atoms with van der Waals surface area (Å²) < 4.78 is 18.4. The fourth-order valence-corrected chi connectivity index (χ4v) is 0.718. The van der Waals surface area contributed by atoms with Crippen molar-refractivity contribution in [3.8, 4) is 0 Å². The van der Waals surface area contributed by atoms with Gasteiger partial charge in [-0.25, -0.2) is 9.63 Å². The highest BCUT2D eigenvalue weighted by Crippen LogP contribution is 1.87. The molecule has 9 heavy (non-hydrogen) atoms. The van der Waals surface area contributed by atoms with Gasteiger partial charge >= 0.3 is 0 Å². The van der Waals surface area contributed by atoms with Crippen molar-refractivity contribution in [1.29, 1.82) is 0 Å². The fraction of sp³-hybridized carbons (Fsp3) is 0.667. The van der Waals surface area contributed by atoms with Crippen molar-refractivity contribution >= 4 is 16.9 Å². The van der Waals surface area contributed by atoms with Crippen LogP contribution in [0.15, 0.2) is 0 Å². The van der Waals surface area contributed by atoms with Crippen LogP contribution in [0.25, 0.3) is 0 Å². The maximum atomic E-state index is 10.3. The molecule has 0 bridgehead atoms. The summed E-state index contributed by atoms with van der Waals surface area (Å²) >= 11 is -2.22. The summed E-state index contributed by atoms with van der Waals surface area (Å²) in [6, 6.07) is 0. The molecule has 0 aromatic heterocycles. The topological polar surface area (TPSA) is 92.4 Å². The highest BCUT2D eigenvalue weighted by molar-refractivity contribution is 7.80. The average Bonchev–Trinajstić information content (AvgIpc) is 1.64. The second-order valence-electron chi connectivity index (χ2n) is 1.43. The largest absolute Gasteiger partial charge is 0.305 e. The molecule has 0 saturated carbocycles. The molecule has 0 aromatic carbocycles. The lowest BCUT2D eigenvalue weighted by molar-refractivity contribution is -0.117. The van der Waals surface area contributed by atoms with E-state index in [0.717, 1.165) is 0 Å². The molecule has 4 N–H and O–H groups in total. The molecular formula is C3H8N2O3S. The summed E-state index contributed by atoms with van der Waals surface area (Å²) in [6.07, 6.45) is 0. The van der Waals surface area contributed by atoms with Crippen LogP contribution >= 0.6 is 0 Å². The predicted octanol–water partition coefficient (Wildman–Crippen LogP) is -1.41. The van der Waals surface area contributed by atoms with E-state index in [9.17, 15) is 9.00 Å². The van der Waals surface area contributed by atoms with Gasteiger partial charge in [-0.2, -0.15) is 0 Å². The van der Waals surface area contributed by atoms with Gasteiger partial charge in [-0.1, -0.05) is 0 Å². The Morgan fingerprint density at radius 1 is 1.89 bits per heavy atom. The van der Waals surface area contributed by atoms with Gasteiger partial charge in [0.25, 0.3) is 0 Å². The van der Waals surface area contributed by atoms with Crippen LogP contribution in [0.3, 0.4) is 0 Å². The van der Waals surface area contributed by atoms with Gasteiger partial charge in [-0.3, -0.25) is 10.6 Å². The summed E-state index contributed by atoms with van der Waals surface area (Å²) in [7, 11) is 0. The predicted molar refractivity (Wildman–Crippen MR) is 32.6 cm³/mol. The maximum Gasteiger partial charge on any atom is 0.180 e. The van der Waals surface area contributed by atoms with Gasteiger partial charge in [0.1, 0.15) is 0 Å². The lowest BCUT2D eigenvalue weighted by atomic mass is 10.5. The molecule has 5 nitrogen and oxygen atoms in total. The number of carbonyl (C=O) groups excluding carboxylic acids is 1. The van der Waals surface area contributed by atoms with Crippen molar-refractivity contribution in [2.24, 2.45) is 5.84 Å². The van der Waals surface area contributed by atoms with Gasteiger partial charge in [-0.05, 0) is 6.92 Å². The van der Waals surface area contributed by atoms with Crippen molar-refractivity contribution in [3.05, 3.63) is 0 Å². The minimum Gasteiger partial charge on any atom is -0.305 e. The minimum atomic E-state index is -2.22. The van der Waals surface area contributed by atoms with Crippen LogP contribution in [-0.4, -0.2) is 19.9 Å². The third kappa shape index (κ3) is 2.66. The molecule has 0 aliphatic rings. The van der Waals surface area contributed by atoms with Gasteiger partial charge in [-0.15, -0.1) is 0 Å².